The molecule has 0 unspecified atom stereocenters. The van der Waals surface area contributed by atoms with Gasteiger partial charge in [-0.1, -0.05) is 0 Å². The first-order valence-electron chi connectivity index (χ1n) is 5.89. The highest BCUT2D eigenvalue weighted by molar-refractivity contribution is 5.85. The van der Waals surface area contributed by atoms with Gasteiger partial charge in [-0.3, -0.25) is 4.99 Å². The van der Waals surface area contributed by atoms with Gasteiger partial charge in [0.25, 0.3) is 0 Å². The van der Waals surface area contributed by atoms with Crippen molar-refractivity contribution >= 4 is 30.4 Å². The fourth-order valence-corrected chi connectivity index (χ4v) is 1.21. The molecule has 0 radical (unpaired) electrons. The van der Waals surface area contributed by atoms with Crippen molar-refractivity contribution in [3.63, 3.8) is 0 Å². The zero-order valence-electron chi connectivity index (χ0n) is 12.4. The number of nitrogens with one attached hydrogen (secondary N) is 1. The van der Waals surface area contributed by atoms with Crippen LogP contribution >= 0.6 is 12.4 Å². The lowest BCUT2D eigenvalue weighted by atomic mass is 10.1. The molecular formula is C11H25ClN4O5. The third-order valence-electron chi connectivity index (χ3n) is 1.93. The molecule has 0 aliphatic heterocycles. The number of nitrogens with zero attached hydrogens (tertiary/aromatic N) is 1. The SMILES string of the molecule is CC(C)(C)OC(=O)N[C@H](CCCN=C(N)N)C(=O)O.Cl.O. The van der Waals surface area contributed by atoms with Gasteiger partial charge in [0.15, 0.2) is 5.96 Å². The van der Waals surface area contributed by atoms with Crippen molar-refractivity contribution in [1.29, 1.82) is 0 Å². The van der Waals surface area contributed by atoms with Crippen LogP contribution in [0.2, 0.25) is 0 Å². The van der Waals surface area contributed by atoms with Crippen LogP contribution < -0.4 is 16.8 Å². The van der Waals surface area contributed by atoms with Gasteiger partial charge >= 0.3 is 12.1 Å². The molecule has 1 amide bonds. The van der Waals surface area contributed by atoms with Crippen LogP contribution in [0.4, 0.5) is 4.79 Å². The third-order valence-corrected chi connectivity index (χ3v) is 1.93. The first-order valence-corrected chi connectivity index (χ1v) is 5.89. The highest BCUT2D eigenvalue weighted by Gasteiger charge is 2.23. The summed E-state index contributed by atoms with van der Waals surface area (Å²) in [6, 6.07) is -1.02. The second-order valence-electron chi connectivity index (χ2n) is 4.99. The Morgan fingerprint density at radius 3 is 2.24 bits per heavy atom. The molecule has 126 valence electrons. The van der Waals surface area contributed by atoms with E-state index >= 15 is 0 Å². The van der Waals surface area contributed by atoms with E-state index in [9.17, 15) is 9.59 Å². The van der Waals surface area contributed by atoms with Gasteiger partial charge in [-0.15, -0.1) is 12.4 Å². The normalized spacial score (nSPS) is 11.2. The molecule has 0 heterocycles. The van der Waals surface area contributed by atoms with Gasteiger partial charge in [0.05, 0.1) is 0 Å². The predicted octanol–water partition coefficient (Wildman–Crippen LogP) is -0.385. The molecule has 0 aliphatic rings. The number of carbonyl (C=O) groups excluding carboxylic acids is 1. The van der Waals surface area contributed by atoms with Crippen molar-refractivity contribution in [2.75, 3.05) is 6.54 Å². The van der Waals surface area contributed by atoms with Crippen LogP contribution in [0, 0.1) is 0 Å². The quantitative estimate of drug-likeness (QED) is 0.294. The maximum atomic E-state index is 11.5. The van der Waals surface area contributed by atoms with Gasteiger partial charge in [0, 0.05) is 6.54 Å². The lowest BCUT2D eigenvalue weighted by molar-refractivity contribution is -0.139. The highest BCUT2D eigenvalue weighted by atomic mass is 35.5. The Bertz CT molecular complexity index is 353. The minimum absolute atomic E-state index is 0. The van der Waals surface area contributed by atoms with Crippen LogP contribution in [0.1, 0.15) is 33.6 Å². The maximum Gasteiger partial charge on any atom is 0.408 e. The van der Waals surface area contributed by atoms with Crippen molar-refractivity contribution in [3.05, 3.63) is 0 Å². The lowest BCUT2D eigenvalue weighted by Crippen LogP contribution is -2.43. The van der Waals surface area contributed by atoms with Crippen molar-refractivity contribution < 1.29 is 24.9 Å². The Labute approximate surface area is 129 Å². The largest absolute Gasteiger partial charge is 0.480 e. The number of carbonyl (C=O) groups is 2. The van der Waals surface area contributed by atoms with Gasteiger partial charge < -0.3 is 32.1 Å². The van der Waals surface area contributed by atoms with Gasteiger partial charge in [0.1, 0.15) is 11.6 Å². The number of carboxylic acid groups (broad SMARTS) is 1. The van der Waals surface area contributed by atoms with Crippen LogP contribution in [0.3, 0.4) is 0 Å². The number of hydrogen-bond donors (Lipinski definition) is 4. The summed E-state index contributed by atoms with van der Waals surface area (Å²) in [5, 5.41) is 11.3. The van der Waals surface area contributed by atoms with Gasteiger partial charge in [-0.2, -0.15) is 0 Å². The summed E-state index contributed by atoms with van der Waals surface area (Å²) in [5.74, 6) is -1.18. The number of halogens is 1. The van der Waals surface area contributed by atoms with E-state index in [1.807, 2.05) is 0 Å². The molecule has 10 heteroatoms. The summed E-state index contributed by atoms with van der Waals surface area (Å²) >= 11 is 0. The number of carboxylic acids is 1. The molecule has 0 aromatic heterocycles. The molecule has 0 saturated carbocycles. The average molecular weight is 329 g/mol. The summed E-state index contributed by atoms with van der Waals surface area (Å²) in [7, 11) is 0. The maximum absolute atomic E-state index is 11.5. The number of amides is 1. The second kappa shape index (κ2) is 11.0. The van der Waals surface area contributed by atoms with Gasteiger partial charge in [-0.05, 0) is 33.6 Å². The van der Waals surface area contributed by atoms with Crippen LogP contribution in [-0.2, 0) is 9.53 Å². The molecule has 0 fully saturated rings. The molecule has 0 spiro atoms. The Kier molecular flexibility index (Phi) is 12.7. The average Bonchev–Trinajstić information content (AvgIpc) is 2.19. The minimum atomic E-state index is -1.13. The Morgan fingerprint density at radius 1 is 1.33 bits per heavy atom. The van der Waals surface area contributed by atoms with Crippen LogP contribution in [0.15, 0.2) is 4.99 Å². The van der Waals surface area contributed by atoms with E-state index in [1.165, 1.54) is 0 Å². The fraction of sp³-hybridized carbons (Fsp3) is 0.727. The van der Waals surface area contributed by atoms with Crippen LogP contribution in [0.5, 0.6) is 0 Å². The number of rotatable bonds is 6. The third kappa shape index (κ3) is 14.5. The lowest BCUT2D eigenvalue weighted by Gasteiger charge is -2.21. The number of aliphatic imine (C=N–C) groups is 1. The Balaban J connectivity index is -0.00000162. The van der Waals surface area contributed by atoms with Crippen LogP contribution in [0.25, 0.3) is 0 Å². The fourth-order valence-electron chi connectivity index (χ4n) is 1.21. The molecule has 0 rings (SSSR count). The van der Waals surface area contributed by atoms with E-state index in [-0.39, 0.29) is 30.3 Å². The number of aliphatic carboxylic acids is 1. The van der Waals surface area contributed by atoms with E-state index in [1.54, 1.807) is 20.8 Å². The number of ether oxygens (including phenoxy) is 1. The monoisotopic (exact) mass is 328 g/mol. The molecule has 0 aliphatic carbocycles. The topological polar surface area (TPSA) is 172 Å². The van der Waals surface area contributed by atoms with Gasteiger partial charge in [0.2, 0.25) is 0 Å². The summed E-state index contributed by atoms with van der Waals surface area (Å²) in [4.78, 5) is 26.2. The van der Waals surface area contributed by atoms with E-state index in [0.717, 1.165) is 0 Å². The van der Waals surface area contributed by atoms with E-state index < -0.39 is 23.7 Å². The highest BCUT2D eigenvalue weighted by Crippen LogP contribution is 2.07. The molecule has 0 aromatic carbocycles. The van der Waals surface area contributed by atoms with Crippen molar-refractivity contribution in [1.82, 2.24) is 5.32 Å². The van der Waals surface area contributed by atoms with E-state index in [4.69, 9.17) is 21.3 Å². The number of nitrogens with two attached hydrogens (primary N) is 2. The zero-order chi connectivity index (χ0) is 15.1. The summed E-state index contributed by atoms with van der Waals surface area (Å²) in [6.07, 6.45) is -0.113. The smallest absolute Gasteiger partial charge is 0.408 e. The second-order valence-corrected chi connectivity index (χ2v) is 4.99. The molecule has 1 atom stereocenters. The van der Waals surface area contributed by atoms with Crippen molar-refractivity contribution in [2.45, 2.75) is 45.3 Å². The zero-order valence-corrected chi connectivity index (χ0v) is 13.2. The molecular weight excluding hydrogens is 304 g/mol. The number of hydrogen-bond acceptors (Lipinski definition) is 4. The molecule has 21 heavy (non-hydrogen) atoms. The van der Waals surface area contributed by atoms with Crippen molar-refractivity contribution in [3.8, 4) is 0 Å². The number of guanidine groups is 1. The Morgan fingerprint density at radius 2 is 1.86 bits per heavy atom. The Hall–Kier alpha value is -1.74. The van der Waals surface area contributed by atoms with E-state index in [2.05, 4.69) is 10.3 Å². The summed E-state index contributed by atoms with van der Waals surface area (Å²) in [6.45, 7) is 5.39. The van der Waals surface area contributed by atoms with E-state index in [0.29, 0.717) is 13.0 Å². The predicted molar refractivity (Wildman–Crippen MR) is 81.6 cm³/mol. The minimum Gasteiger partial charge on any atom is -0.480 e. The molecule has 0 aromatic rings. The number of alkyl carbamates (subject to hydrolysis) is 1. The molecule has 9 nitrogen and oxygen atoms in total. The molecule has 0 bridgehead atoms. The molecule has 0 saturated heterocycles. The van der Waals surface area contributed by atoms with Gasteiger partial charge in [-0.25, -0.2) is 9.59 Å². The molecule has 8 N–H and O–H groups in total. The first-order chi connectivity index (χ1) is 8.61. The summed E-state index contributed by atoms with van der Waals surface area (Å²) < 4.78 is 4.98. The van der Waals surface area contributed by atoms with Crippen molar-refractivity contribution in [2.24, 2.45) is 16.5 Å². The first kappa shape index (κ1) is 24.3. The standard InChI is InChI=1S/C11H22N4O4.ClH.H2O/c1-11(2,3)19-10(18)15-7(8(16)17)5-4-6-14-9(12)13;;/h7H,4-6H2,1-3H3,(H,15,18)(H,16,17)(H4,12,13,14);1H;1H2/t7-;;/m1../s1. The van der Waals surface area contributed by atoms with Crippen LogP contribution in [-0.4, -0.2) is 46.8 Å². The summed E-state index contributed by atoms with van der Waals surface area (Å²) in [5.41, 5.74) is 9.61.